The lowest BCUT2D eigenvalue weighted by molar-refractivity contribution is 1.11. The molecule has 0 aliphatic heterocycles. The van der Waals surface area contributed by atoms with Crippen molar-refractivity contribution in [1.82, 2.24) is 13.7 Å². The molecule has 0 aliphatic rings. The number of benzene rings is 11. The van der Waals surface area contributed by atoms with E-state index in [1.807, 2.05) is 0 Å². The molecule has 14 rings (SSSR count). The summed E-state index contributed by atoms with van der Waals surface area (Å²) >= 11 is 0. The number of hydrogen-bond donors (Lipinski definition) is 0. The van der Waals surface area contributed by atoms with Crippen LogP contribution in [-0.2, 0) is 0 Å². The molecule has 4 heteroatoms. The second kappa shape index (κ2) is 16.1. The van der Waals surface area contributed by atoms with E-state index in [4.69, 9.17) is 0 Å². The monoisotopic (exact) mass is 907 g/mol. The van der Waals surface area contributed by atoms with Gasteiger partial charge < -0.3 is 13.7 Å². The van der Waals surface area contributed by atoms with Gasteiger partial charge in [0.1, 0.15) is 0 Å². The summed E-state index contributed by atoms with van der Waals surface area (Å²) in [6.45, 7) is 0. The standard InChI is InChI=1S/C66H45N3Si/c1-5-24-46(25-6-1)50-32-13-18-38-56(50)68-59-41-21-16-35-53(59)54-37-23-43-61(65(54)68)69-60-42-22-17-36-55(60)64-63(45-44-62(66(64)69)67-57-39-19-14-33-51(57)52-34-15-20-40-58(52)67)70(47-26-7-2-8-27-47,48-28-9-3-10-29-48)49-30-11-4-12-31-49/h1-45H. The summed E-state index contributed by atoms with van der Waals surface area (Å²) in [5.74, 6) is 0. The summed E-state index contributed by atoms with van der Waals surface area (Å²) in [5.41, 5.74) is 12.8. The summed E-state index contributed by atoms with van der Waals surface area (Å²) in [7, 11) is -3.10. The Kier molecular flexibility index (Phi) is 9.23. The molecule has 70 heavy (non-hydrogen) atoms. The van der Waals surface area contributed by atoms with Gasteiger partial charge in [0.05, 0.1) is 50.2 Å². The summed E-state index contributed by atoms with van der Waals surface area (Å²) in [6, 6.07) is 102. The summed E-state index contributed by atoms with van der Waals surface area (Å²) in [5, 5.41) is 12.8. The normalized spacial score (nSPS) is 12.0. The van der Waals surface area contributed by atoms with E-state index in [1.54, 1.807) is 0 Å². The van der Waals surface area contributed by atoms with Gasteiger partial charge in [-0.1, -0.05) is 231 Å². The maximum atomic E-state index is 2.62. The molecule has 0 spiro atoms. The van der Waals surface area contributed by atoms with E-state index in [2.05, 4.69) is 287 Å². The second-order valence-electron chi connectivity index (χ2n) is 18.3. The van der Waals surface area contributed by atoms with Crippen molar-refractivity contribution in [3.63, 3.8) is 0 Å². The first-order chi connectivity index (χ1) is 34.8. The minimum absolute atomic E-state index is 1.12. The molecule has 0 fully saturated rings. The van der Waals surface area contributed by atoms with E-state index in [-0.39, 0.29) is 0 Å². The van der Waals surface area contributed by atoms with E-state index >= 15 is 0 Å². The van der Waals surface area contributed by atoms with Crippen LogP contribution in [0, 0.1) is 0 Å². The fourth-order valence-electron chi connectivity index (χ4n) is 12.0. The number of rotatable bonds is 8. The highest BCUT2D eigenvalue weighted by atomic mass is 28.3. The van der Waals surface area contributed by atoms with E-state index in [0.717, 1.165) is 28.1 Å². The Labute approximate surface area is 407 Å². The molecule has 0 saturated carbocycles. The zero-order valence-electron chi connectivity index (χ0n) is 38.3. The molecule has 11 aromatic carbocycles. The van der Waals surface area contributed by atoms with Crippen LogP contribution in [0.4, 0.5) is 0 Å². The van der Waals surface area contributed by atoms with Crippen molar-refractivity contribution in [3.8, 4) is 28.2 Å². The SMILES string of the molecule is c1ccc(-c2ccccc2-n2c3ccccc3c3cccc(-n4c5ccccc5c5c([Si](c6ccccc6)(c6ccccc6)c6ccccc6)ccc(-n6c7ccccc7c7ccccc76)c54)c32)cc1. The van der Waals surface area contributed by atoms with Crippen LogP contribution in [-0.4, -0.2) is 21.8 Å². The number of hydrogen-bond acceptors (Lipinski definition) is 0. The quantitative estimate of drug-likeness (QED) is 0.107. The Morgan fingerprint density at radius 1 is 0.243 bits per heavy atom. The van der Waals surface area contributed by atoms with Gasteiger partial charge in [-0.2, -0.15) is 0 Å². The zero-order valence-corrected chi connectivity index (χ0v) is 39.3. The minimum Gasteiger partial charge on any atom is -0.307 e. The van der Waals surface area contributed by atoms with Crippen molar-refractivity contribution < 1.29 is 0 Å². The Balaban J connectivity index is 1.22. The van der Waals surface area contributed by atoms with Gasteiger partial charge in [0.15, 0.2) is 8.07 Å². The topological polar surface area (TPSA) is 14.8 Å². The molecule has 0 unspecified atom stereocenters. The first-order valence-electron chi connectivity index (χ1n) is 24.2. The third kappa shape index (κ3) is 5.81. The van der Waals surface area contributed by atoms with Crippen LogP contribution < -0.4 is 20.7 Å². The van der Waals surface area contributed by atoms with Crippen LogP contribution in [0.3, 0.4) is 0 Å². The van der Waals surface area contributed by atoms with Crippen LogP contribution in [0.5, 0.6) is 0 Å². The number of fused-ring (bicyclic) bond motifs is 9. The Bertz CT molecular complexity index is 4130. The van der Waals surface area contributed by atoms with Crippen molar-refractivity contribution in [2.75, 3.05) is 0 Å². The molecule has 3 aromatic heterocycles. The van der Waals surface area contributed by atoms with Crippen molar-refractivity contribution in [2.45, 2.75) is 0 Å². The molecule has 14 aromatic rings. The second-order valence-corrected chi connectivity index (χ2v) is 22.1. The first-order valence-corrected chi connectivity index (χ1v) is 26.2. The average molecular weight is 908 g/mol. The fourth-order valence-corrected chi connectivity index (χ4v) is 17.0. The van der Waals surface area contributed by atoms with Crippen LogP contribution in [0.2, 0.25) is 0 Å². The van der Waals surface area contributed by atoms with Gasteiger partial charge in [-0.15, -0.1) is 0 Å². The molecule has 0 N–H and O–H groups in total. The Morgan fingerprint density at radius 2 is 0.629 bits per heavy atom. The third-order valence-corrected chi connectivity index (χ3v) is 19.6. The van der Waals surface area contributed by atoms with Gasteiger partial charge in [-0.05, 0) is 68.8 Å². The Hall–Kier alpha value is -8.96. The first kappa shape index (κ1) is 40.1. The minimum atomic E-state index is -3.10. The van der Waals surface area contributed by atoms with Gasteiger partial charge in [0, 0.05) is 37.9 Å². The molecular weight excluding hydrogens is 863 g/mol. The lowest BCUT2D eigenvalue weighted by atomic mass is 10.0. The van der Waals surface area contributed by atoms with Gasteiger partial charge >= 0.3 is 0 Å². The molecule has 0 amide bonds. The fraction of sp³-hybridized carbons (Fsp3) is 0. The molecule has 0 atom stereocenters. The van der Waals surface area contributed by atoms with Crippen LogP contribution >= 0.6 is 0 Å². The summed E-state index contributed by atoms with van der Waals surface area (Å²) in [4.78, 5) is 0. The number of aromatic nitrogens is 3. The lowest BCUT2D eigenvalue weighted by Gasteiger charge is -2.35. The molecule has 0 bridgehead atoms. The lowest BCUT2D eigenvalue weighted by Crippen LogP contribution is -2.74. The van der Waals surface area contributed by atoms with Crippen LogP contribution in [0.1, 0.15) is 0 Å². The van der Waals surface area contributed by atoms with Crippen LogP contribution in [0.15, 0.2) is 273 Å². The third-order valence-electron chi connectivity index (χ3n) is 14.8. The molecule has 3 nitrogen and oxygen atoms in total. The molecule has 0 radical (unpaired) electrons. The van der Waals surface area contributed by atoms with Crippen molar-refractivity contribution in [1.29, 1.82) is 0 Å². The van der Waals surface area contributed by atoms with Crippen molar-refractivity contribution >= 4 is 94.2 Å². The highest BCUT2D eigenvalue weighted by molar-refractivity contribution is 7.20. The van der Waals surface area contributed by atoms with E-state index in [9.17, 15) is 0 Å². The molecule has 3 heterocycles. The predicted octanol–water partition coefficient (Wildman–Crippen LogP) is 14.0. The van der Waals surface area contributed by atoms with Crippen molar-refractivity contribution in [3.05, 3.63) is 273 Å². The largest absolute Gasteiger partial charge is 0.307 e. The summed E-state index contributed by atoms with van der Waals surface area (Å²) in [6.07, 6.45) is 0. The molecule has 0 saturated heterocycles. The van der Waals surface area contributed by atoms with Crippen molar-refractivity contribution in [2.24, 2.45) is 0 Å². The predicted molar refractivity (Wildman–Crippen MR) is 299 cm³/mol. The van der Waals surface area contributed by atoms with Gasteiger partial charge in [-0.3, -0.25) is 0 Å². The highest BCUT2D eigenvalue weighted by Gasteiger charge is 2.44. The molecule has 0 aliphatic carbocycles. The van der Waals surface area contributed by atoms with E-state index in [0.29, 0.717) is 0 Å². The molecular formula is C66H45N3Si. The zero-order chi connectivity index (χ0) is 46.2. The maximum Gasteiger partial charge on any atom is 0.180 e. The molecule has 328 valence electrons. The van der Waals surface area contributed by atoms with Gasteiger partial charge in [0.25, 0.3) is 0 Å². The van der Waals surface area contributed by atoms with Crippen LogP contribution in [0.25, 0.3) is 93.6 Å². The average Bonchev–Trinajstić information content (AvgIpc) is 4.09. The van der Waals surface area contributed by atoms with Gasteiger partial charge in [-0.25, -0.2) is 0 Å². The number of nitrogens with zero attached hydrogens (tertiary/aromatic N) is 3. The maximum absolute atomic E-state index is 3.10. The Morgan fingerprint density at radius 3 is 1.20 bits per heavy atom. The highest BCUT2D eigenvalue weighted by Crippen LogP contribution is 2.44. The summed E-state index contributed by atoms with van der Waals surface area (Å²) < 4.78 is 7.68. The smallest absolute Gasteiger partial charge is 0.180 e. The number of para-hydroxylation sites is 6. The van der Waals surface area contributed by atoms with E-state index < -0.39 is 8.07 Å². The van der Waals surface area contributed by atoms with E-state index in [1.165, 1.54) is 86.3 Å². The van der Waals surface area contributed by atoms with Gasteiger partial charge in [0.2, 0.25) is 0 Å².